The molecule has 0 radical (unpaired) electrons. The smallest absolute Gasteiger partial charge is 0.286 e. The third-order valence-electron chi connectivity index (χ3n) is 9.95. The number of pyridine rings is 1. The predicted octanol–water partition coefficient (Wildman–Crippen LogP) is 6.36. The maximum Gasteiger partial charge on any atom is 0.286 e. The van der Waals surface area contributed by atoms with Crippen LogP contribution in [-0.4, -0.2) is 122 Å². The summed E-state index contributed by atoms with van der Waals surface area (Å²) in [5, 5.41) is 42.8. The number of amides is 2. The van der Waals surface area contributed by atoms with Crippen molar-refractivity contribution >= 4 is 68.7 Å². The van der Waals surface area contributed by atoms with Crippen LogP contribution in [0, 0.1) is 0 Å². The average Bonchev–Trinajstić information content (AvgIpc) is 3.31. The first-order chi connectivity index (χ1) is 31.4. The number of allylic oxidation sites excluding steroid dienone is 4. The summed E-state index contributed by atoms with van der Waals surface area (Å²) < 4.78 is 1.92. The predicted molar refractivity (Wildman–Crippen MR) is 270 cm³/mol. The number of hydrogen-bond donors (Lipinski definition) is 6. The van der Waals surface area contributed by atoms with Crippen LogP contribution in [0.5, 0.6) is 0 Å². The molecule has 0 atom stereocenters. The van der Waals surface area contributed by atoms with E-state index in [0.29, 0.717) is 18.8 Å². The molecule has 0 aliphatic rings. The molecule has 0 saturated carbocycles. The average molecular weight is 916 g/mol. The van der Waals surface area contributed by atoms with E-state index in [1.807, 2.05) is 71.5 Å². The van der Waals surface area contributed by atoms with E-state index in [4.69, 9.17) is 0 Å². The second kappa shape index (κ2) is 34.7. The van der Waals surface area contributed by atoms with E-state index in [2.05, 4.69) is 68.4 Å². The minimum Gasteiger partial charge on any atom is -0.396 e. The van der Waals surface area contributed by atoms with Gasteiger partial charge in [-0.1, -0.05) is 70.7 Å². The lowest BCUT2D eigenvalue weighted by Crippen LogP contribution is -2.45. The van der Waals surface area contributed by atoms with Gasteiger partial charge in [0.05, 0.1) is 5.71 Å². The van der Waals surface area contributed by atoms with Gasteiger partial charge in [0.25, 0.3) is 5.91 Å². The van der Waals surface area contributed by atoms with Crippen molar-refractivity contribution in [3.8, 4) is 0 Å². The van der Waals surface area contributed by atoms with Gasteiger partial charge in [0.1, 0.15) is 6.54 Å². The molecule has 12 nitrogen and oxygen atoms in total. The molecular weight excluding hydrogens is 845 g/mol. The van der Waals surface area contributed by atoms with E-state index in [-0.39, 0.29) is 51.3 Å². The lowest BCUT2D eigenvalue weighted by molar-refractivity contribution is -0.686. The molecule has 0 spiro atoms. The van der Waals surface area contributed by atoms with Gasteiger partial charge in [-0.2, -0.15) is 4.57 Å². The third kappa shape index (κ3) is 23.3. The maximum absolute atomic E-state index is 12.8. The van der Waals surface area contributed by atoms with Gasteiger partial charge in [0.15, 0.2) is 6.20 Å². The highest BCUT2D eigenvalue weighted by molar-refractivity contribution is 8.76. The second-order valence-electron chi connectivity index (χ2n) is 15.0. The molecule has 0 saturated heterocycles. The van der Waals surface area contributed by atoms with Crippen molar-refractivity contribution in [2.24, 2.45) is 4.99 Å². The highest BCUT2D eigenvalue weighted by atomic mass is 33.1. The summed E-state index contributed by atoms with van der Waals surface area (Å²) in [6, 6.07) is 22.5. The number of aliphatic hydroxyl groups excluding tert-OH is 4. The van der Waals surface area contributed by atoms with Crippen LogP contribution >= 0.6 is 21.6 Å². The first-order valence-corrected chi connectivity index (χ1v) is 25.0. The quantitative estimate of drug-likeness (QED) is 0.0129. The molecule has 1 aromatic heterocycles. The van der Waals surface area contributed by atoms with Gasteiger partial charge in [0.2, 0.25) is 18.1 Å². The number of unbranched alkanes of at least 4 members (excludes halogenated alkanes) is 4. The third-order valence-corrected chi connectivity index (χ3v) is 12.4. The zero-order valence-electron chi connectivity index (χ0n) is 37.4. The highest BCUT2D eigenvalue weighted by Gasteiger charge is 2.13. The van der Waals surface area contributed by atoms with Crippen LogP contribution < -0.4 is 25.0 Å². The molecule has 0 bridgehead atoms. The van der Waals surface area contributed by atoms with Crippen LogP contribution in [0.1, 0.15) is 68.2 Å². The Morgan fingerprint density at radius 2 is 1.12 bits per heavy atom. The van der Waals surface area contributed by atoms with Crippen molar-refractivity contribution in [3.63, 3.8) is 0 Å². The minimum atomic E-state index is -0.160. The number of aromatic nitrogens is 1. The Morgan fingerprint density at radius 1 is 0.625 bits per heavy atom. The number of benzene rings is 2. The van der Waals surface area contributed by atoms with Gasteiger partial charge in [-0.3, -0.25) is 14.6 Å². The van der Waals surface area contributed by atoms with Crippen LogP contribution in [0.3, 0.4) is 0 Å². The monoisotopic (exact) mass is 915 g/mol. The van der Waals surface area contributed by atoms with Crippen molar-refractivity contribution in [1.29, 1.82) is 0 Å². The maximum atomic E-state index is 12.8. The van der Waals surface area contributed by atoms with Crippen LogP contribution in [0.4, 0.5) is 11.4 Å². The fourth-order valence-corrected chi connectivity index (χ4v) is 8.29. The molecule has 0 fully saturated rings. The van der Waals surface area contributed by atoms with E-state index in [1.165, 1.54) is 0 Å². The lowest BCUT2D eigenvalue weighted by Gasteiger charge is -2.25. The zero-order valence-corrected chi connectivity index (χ0v) is 39.1. The molecule has 3 aromatic rings. The first kappa shape index (κ1) is 53.6. The molecule has 0 unspecified atom stereocenters. The summed E-state index contributed by atoms with van der Waals surface area (Å²) in [4.78, 5) is 34.5. The Labute approximate surface area is 389 Å². The standard InChI is InChI=1S/C50H70N6O6S2/c1-2-3-14-45(22-16-43-18-24-47(25-19-43)54(30-6-10-35-57)31-7-11-36-58)53-41-49(61)51-28-39-63-64-40-29-52-50(62)42-56-34-5-4-15-46(56)23-17-44-20-26-48(27-21-44)55(32-8-12-37-59)33-9-13-38-60/h2-5,14-27,34,57-60H,1,6-13,28-33,35-42H2,(H-,51,52,61,62)/p+1/b14-3-,22-16-,53-45?. The molecular formula is C50H71N6O6S2+. The second-order valence-corrected chi connectivity index (χ2v) is 17.7. The number of anilines is 2. The summed E-state index contributed by atoms with van der Waals surface area (Å²) in [7, 11) is 3.30. The topological polar surface area (TPSA) is 162 Å². The number of hydrogen-bond acceptors (Lipinski definition) is 11. The molecule has 0 aliphatic heterocycles. The number of nitrogens with one attached hydrogen (secondary N) is 2. The first-order valence-electron chi connectivity index (χ1n) is 22.5. The molecule has 1 heterocycles. The lowest BCUT2D eigenvalue weighted by atomic mass is 10.1. The molecule has 64 heavy (non-hydrogen) atoms. The van der Waals surface area contributed by atoms with Crippen molar-refractivity contribution in [3.05, 3.63) is 121 Å². The van der Waals surface area contributed by atoms with E-state index in [0.717, 1.165) is 117 Å². The molecule has 2 aromatic carbocycles. The number of carbonyl (C=O) groups excluding carboxylic acids is 2. The van der Waals surface area contributed by atoms with Crippen molar-refractivity contribution in [2.75, 3.05) is 93.5 Å². The van der Waals surface area contributed by atoms with Gasteiger partial charge in [0, 0.05) is 107 Å². The van der Waals surface area contributed by atoms with Gasteiger partial charge in [-0.25, -0.2) is 0 Å². The number of rotatable bonds is 35. The Balaban J connectivity index is 1.37. The van der Waals surface area contributed by atoms with Gasteiger partial charge >= 0.3 is 0 Å². The highest BCUT2D eigenvalue weighted by Crippen LogP contribution is 2.21. The van der Waals surface area contributed by atoms with Crippen molar-refractivity contribution in [2.45, 2.75) is 57.9 Å². The Morgan fingerprint density at radius 3 is 1.62 bits per heavy atom. The van der Waals surface area contributed by atoms with Crippen molar-refractivity contribution < 1.29 is 34.6 Å². The number of aliphatic imine (C=N–C) groups is 1. The minimum absolute atomic E-state index is 0.00401. The summed E-state index contributed by atoms with van der Waals surface area (Å²) in [6.45, 7) is 9.16. The number of nitrogens with zero attached hydrogens (tertiary/aromatic N) is 4. The molecule has 3 rings (SSSR count). The Hall–Kier alpha value is -4.70. The summed E-state index contributed by atoms with van der Waals surface area (Å²) in [6.07, 6.45) is 21.7. The van der Waals surface area contributed by atoms with Gasteiger partial charge in [-0.15, -0.1) is 0 Å². The Kier molecular flexibility index (Phi) is 29.1. The summed E-state index contributed by atoms with van der Waals surface area (Å²) in [5.74, 6) is 1.23. The summed E-state index contributed by atoms with van der Waals surface area (Å²) in [5.41, 5.74) is 5.84. The molecule has 0 aliphatic carbocycles. The molecule has 14 heteroatoms. The van der Waals surface area contributed by atoms with Crippen LogP contribution in [0.15, 0.2) is 109 Å². The van der Waals surface area contributed by atoms with E-state index >= 15 is 0 Å². The number of carbonyl (C=O) groups is 2. The van der Waals surface area contributed by atoms with Gasteiger partial charge in [-0.05, 0) is 111 Å². The summed E-state index contributed by atoms with van der Waals surface area (Å²) >= 11 is 0. The van der Waals surface area contributed by atoms with E-state index < -0.39 is 0 Å². The fraction of sp³-hybridized carbons (Fsp3) is 0.440. The van der Waals surface area contributed by atoms with E-state index in [1.54, 1.807) is 33.7 Å². The fourth-order valence-electron chi connectivity index (χ4n) is 6.48. The van der Waals surface area contributed by atoms with Crippen molar-refractivity contribution in [1.82, 2.24) is 10.6 Å². The molecule has 6 N–H and O–H groups in total. The van der Waals surface area contributed by atoms with Crippen LogP contribution in [-0.2, 0) is 16.1 Å². The SMILES string of the molecule is C=C/C=C\C(/C=C\c1ccc(N(CCCCO)CCCCO)cc1)=NCC(=O)NCCSSCCNC(=O)C[n+]1ccccc1/C=C/c1ccc(N(CCCCO)CCCCO)cc1. The Bertz CT molecular complexity index is 1850. The number of aliphatic hydroxyl groups is 4. The van der Waals surface area contributed by atoms with Gasteiger partial charge < -0.3 is 40.9 Å². The van der Waals surface area contributed by atoms with Crippen LogP contribution in [0.25, 0.3) is 18.2 Å². The largest absolute Gasteiger partial charge is 0.396 e. The van der Waals surface area contributed by atoms with E-state index in [9.17, 15) is 30.0 Å². The van der Waals surface area contributed by atoms with Crippen LogP contribution in [0.2, 0.25) is 0 Å². The molecule has 2 amide bonds. The zero-order chi connectivity index (χ0) is 45.9. The molecule has 348 valence electrons. The normalized spacial score (nSPS) is 11.8.